The van der Waals surface area contributed by atoms with Gasteiger partial charge in [0, 0.05) is 5.69 Å². The average Bonchev–Trinajstić information content (AvgIpc) is 3.16. The lowest BCUT2D eigenvalue weighted by Gasteiger charge is -2.10. The van der Waals surface area contributed by atoms with Crippen molar-refractivity contribution in [2.45, 2.75) is 4.90 Å². The van der Waals surface area contributed by atoms with Crippen LogP contribution < -0.4 is 10.0 Å². The van der Waals surface area contributed by atoms with Crippen molar-refractivity contribution >= 4 is 38.5 Å². The lowest BCUT2D eigenvalue weighted by atomic mass is 10.2. The van der Waals surface area contributed by atoms with Crippen LogP contribution in [0.3, 0.4) is 0 Å². The Hall–Kier alpha value is -3.79. The molecular formula is C18H14N6O3S. The monoisotopic (exact) mass is 394 g/mol. The third-order valence-corrected chi connectivity index (χ3v) is 5.24. The zero-order valence-corrected chi connectivity index (χ0v) is 15.1. The summed E-state index contributed by atoms with van der Waals surface area (Å²) < 4.78 is 27.4. The van der Waals surface area contributed by atoms with E-state index >= 15 is 0 Å². The molecule has 9 nitrogen and oxygen atoms in total. The minimum Gasteiger partial charge on any atom is -0.321 e. The number of hydrogen-bond acceptors (Lipinski definition) is 6. The van der Waals surface area contributed by atoms with Gasteiger partial charge in [0.25, 0.3) is 15.9 Å². The second-order valence-electron chi connectivity index (χ2n) is 5.82. The third kappa shape index (κ3) is 3.67. The van der Waals surface area contributed by atoms with Crippen LogP contribution in [0, 0.1) is 0 Å². The molecule has 10 heteroatoms. The Morgan fingerprint density at radius 1 is 0.893 bits per heavy atom. The maximum absolute atomic E-state index is 12.4. The largest absolute Gasteiger partial charge is 0.321 e. The van der Waals surface area contributed by atoms with E-state index in [-0.39, 0.29) is 10.6 Å². The number of fused-ring (bicyclic) bond motifs is 1. The first-order valence-electron chi connectivity index (χ1n) is 8.18. The first-order chi connectivity index (χ1) is 13.5. The number of hydrogen-bond donors (Lipinski definition) is 3. The summed E-state index contributed by atoms with van der Waals surface area (Å²) >= 11 is 0. The van der Waals surface area contributed by atoms with Gasteiger partial charge in [0.1, 0.15) is 11.2 Å². The molecule has 0 saturated heterocycles. The van der Waals surface area contributed by atoms with Crippen molar-refractivity contribution in [3.05, 3.63) is 72.4 Å². The molecule has 0 unspecified atom stereocenters. The van der Waals surface area contributed by atoms with E-state index < -0.39 is 15.9 Å². The second kappa shape index (κ2) is 7.08. The molecule has 0 aliphatic carbocycles. The quantitative estimate of drug-likeness (QED) is 0.477. The van der Waals surface area contributed by atoms with E-state index in [4.69, 9.17) is 0 Å². The summed E-state index contributed by atoms with van der Waals surface area (Å²) in [6.45, 7) is 0. The van der Waals surface area contributed by atoms with Crippen LogP contribution >= 0.6 is 0 Å². The van der Waals surface area contributed by atoms with Gasteiger partial charge in [-0.3, -0.25) is 9.52 Å². The molecule has 0 spiro atoms. The van der Waals surface area contributed by atoms with Crippen molar-refractivity contribution < 1.29 is 13.2 Å². The number of aromatic amines is 1. The molecule has 28 heavy (non-hydrogen) atoms. The van der Waals surface area contributed by atoms with E-state index in [9.17, 15) is 13.2 Å². The first-order valence-corrected chi connectivity index (χ1v) is 9.66. The summed E-state index contributed by atoms with van der Waals surface area (Å²) in [5, 5.41) is 12.8. The predicted molar refractivity (Wildman–Crippen MR) is 103 cm³/mol. The van der Waals surface area contributed by atoms with Gasteiger partial charge in [-0.1, -0.05) is 24.3 Å². The van der Waals surface area contributed by atoms with Crippen LogP contribution in [0.25, 0.3) is 11.2 Å². The van der Waals surface area contributed by atoms with Crippen LogP contribution in [0.15, 0.2) is 71.6 Å². The number of benzene rings is 2. The number of sulfonamides is 1. The molecule has 0 aliphatic rings. The molecule has 0 aliphatic heterocycles. The molecule has 0 fully saturated rings. The van der Waals surface area contributed by atoms with Crippen molar-refractivity contribution in [1.82, 2.24) is 20.4 Å². The van der Waals surface area contributed by atoms with Crippen molar-refractivity contribution in [3.63, 3.8) is 0 Å². The zero-order valence-electron chi connectivity index (χ0n) is 14.3. The van der Waals surface area contributed by atoms with Crippen LogP contribution in [-0.2, 0) is 10.0 Å². The van der Waals surface area contributed by atoms with Crippen molar-refractivity contribution in [2.75, 3.05) is 10.0 Å². The van der Waals surface area contributed by atoms with E-state index in [0.29, 0.717) is 22.5 Å². The molecule has 0 bridgehead atoms. The highest BCUT2D eigenvalue weighted by molar-refractivity contribution is 7.92. The number of pyridine rings is 1. The molecule has 2 aromatic heterocycles. The van der Waals surface area contributed by atoms with Crippen LogP contribution in [0.4, 0.5) is 11.4 Å². The molecule has 0 saturated carbocycles. The first kappa shape index (κ1) is 17.6. The fraction of sp³-hybridized carbons (Fsp3) is 0. The predicted octanol–water partition coefficient (Wildman–Crippen LogP) is 2.41. The summed E-state index contributed by atoms with van der Waals surface area (Å²) in [6, 6.07) is 17.6. The van der Waals surface area contributed by atoms with E-state index in [0.717, 1.165) is 0 Å². The summed E-state index contributed by atoms with van der Waals surface area (Å²) in [6.07, 6.45) is 0. The number of amides is 1. The number of H-pyrrole nitrogens is 1. The average molecular weight is 394 g/mol. The van der Waals surface area contributed by atoms with E-state index in [1.165, 1.54) is 24.3 Å². The Kier molecular flexibility index (Phi) is 4.45. The Morgan fingerprint density at radius 3 is 2.50 bits per heavy atom. The minimum atomic E-state index is -3.72. The summed E-state index contributed by atoms with van der Waals surface area (Å²) in [5.41, 5.74) is 1.78. The number of nitrogens with one attached hydrogen (secondary N) is 3. The molecule has 1 amide bonds. The van der Waals surface area contributed by atoms with Crippen molar-refractivity contribution in [2.24, 2.45) is 0 Å². The lowest BCUT2D eigenvalue weighted by Crippen LogP contribution is -2.15. The maximum Gasteiger partial charge on any atom is 0.274 e. The Balaban J connectivity index is 1.53. The topological polar surface area (TPSA) is 130 Å². The van der Waals surface area contributed by atoms with Crippen LogP contribution in [0.2, 0.25) is 0 Å². The number of aromatic nitrogens is 4. The van der Waals surface area contributed by atoms with Gasteiger partial charge in [-0.15, -0.1) is 5.10 Å². The molecule has 4 rings (SSSR count). The van der Waals surface area contributed by atoms with Crippen molar-refractivity contribution in [1.29, 1.82) is 0 Å². The lowest BCUT2D eigenvalue weighted by molar-refractivity contribution is 0.102. The van der Waals surface area contributed by atoms with Crippen LogP contribution in [0.1, 0.15) is 10.5 Å². The highest BCUT2D eigenvalue weighted by atomic mass is 32.2. The smallest absolute Gasteiger partial charge is 0.274 e. The third-order valence-electron chi connectivity index (χ3n) is 3.84. The fourth-order valence-corrected chi connectivity index (χ4v) is 3.60. The van der Waals surface area contributed by atoms with Crippen LogP contribution in [-0.4, -0.2) is 34.7 Å². The van der Waals surface area contributed by atoms with E-state index in [2.05, 4.69) is 30.4 Å². The number of carbonyl (C=O) groups excluding carboxylic acids is 1. The zero-order chi connectivity index (χ0) is 19.6. The van der Waals surface area contributed by atoms with E-state index in [1.54, 1.807) is 42.5 Å². The maximum atomic E-state index is 12.4. The molecular weight excluding hydrogens is 380 g/mol. The molecule has 4 aromatic rings. The van der Waals surface area contributed by atoms with Gasteiger partial charge in [0.05, 0.1) is 10.6 Å². The van der Waals surface area contributed by atoms with E-state index in [1.807, 2.05) is 0 Å². The molecule has 2 heterocycles. The van der Waals surface area contributed by atoms with Gasteiger partial charge in [0.15, 0.2) is 0 Å². The number of anilines is 2. The molecule has 2 aromatic carbocycles. The minimum absolute atomic E-state index is 0.148. The summed E-state index contributed by atoms with van der Waals surface area (Å²) in [7, 11) is -3.72. The van der Waals surface area contributed by atoms with Gasteiger partial charge >= 0.3 is 0 Å². The highest BCUT2D eigenvalue weighted by Gasteiger charge is 2.14. The second-order valence-corrected chi connectivity index (χ2v) is 7.50. The Labute approximate surface area is 159 Å². The van der Waals surface area contributed by atoms with Crippen molar-refractivity contribution in [3.8, 4) is 0 Å². The molecule has 3 N–H and O–H groups in total. The van der Waals surface area contributed by atoms with Gasteiger partial charge in [0.2, 0.25) is 5.65 Å². The van der Waals surface area contributed by atoms with Gasteiger partial charge < -0.3 is 5.32 Å². The van der Waals surface area contributed by atoms with Gasteiger partial charge in [-0.05, 0) is 42.5 Å². The fourth-order valence-electron chi connectivity index (χ4n) is 2.53. The SMILES string of the molecule is O=C(Nc1cccc(NS(=O)(=O)c2ccccc2)c1)c1ccc2n[nH]nc2n1. The van der Waals surface area contributed by atoms with Gasteiger partial charge in [-0.2, -0.15) is 10.3 Å². The summed E-state index contributed by atoms with van der Waals surface area (Å²) in [5.74, 6) is -0.451. The molecule has 140 valence electrons. The number of carbonyl (C=O) groups is 1. The highest BCUT2D eigenvalue weighted by Crippen LogP contribution is 2.20. The standard InChI is InChI=1S/C18H14N6O3S/c25-18(16-10-9-15-17(20-16)22-24-21-15)19-12-5-4-6-13(11-12)23-28(26,27)14-7-2-1-3-8-14/h1-11,23H,(H,19,25)(H,20,21,22,24). The Bertz CT molecular complexity index is 1250. The normalized spacial score (nSPS) is 11.3. The number of nitrogens with zero attached hydrogens (tertiary/aromatic N) is 3. The number of rotatable bonds is 5. The Morgan fingerprint density at radius 2 is 1.68 bits per heavy atom. The van der Waals surface area contributed by atoms with Crippen LogP contribution in [0.5, 0.6) is 0 Å². The van der Waals surface area contributed by atoms with Gasteiger partial charge in [-0.25, -0.2) is 13.4 Å². The molecule has 0 radical (unpaired) electrons. The molecule has 0 atom stereocenters. The summed E-state index contributed by atoms with van der Waals surface area (Å²) in [4.78, 5) is 16.7.